The van der Waals surface area contributed by atoms with E-state index >= 15 is 0 Å². The first-order valence-electron chi connectivity index (χ1n) is 4.53. The molecule has 0 bridgehead atoms. The van der Waals surface area contributed by atoms with Gasteiger partial charge in [-0.2, -0.15) is 0 Å². The number of rotatable bonds is 2. The van der Waals surface area contributed by atoms with Gasteiger partial charge in [-0.1, -0.05) is 0 Å². The average Bonchev–Trinajstić information content (AvgIpc) is 2.56. The monoisotopic (exact) mass is 204 g/mol. The fraction of sp³-hybridized carbons (Fsp3) is 0.857. The van der Waals surface area contributed by atoms with Crippen LogP contribution in [-0.2, 0) is 4.79 Å². The van der Waals surface area contributed by atoms with Crippen LogP contribution in [0.5, 0.6) is 0 Å². The molecule has 1 heterocycles. The van der Waals surface area contributed by atoms with Crippen LogP contribution in [0.25, 0.3) is 0 Å². The van der Waals surface area contributed by atoms with E-state index in [2.05, 4.69) is 5.32 Å². The van der Waals surface area contributed by atoms with E-state index in [-0.39, 0.29) is 5.94 Å². The molecule has 82 valence electrons. The largest absolute Gasteiger partial charge is 0.480 e. The van der Waals surface area contributed by atoms with Gasteiger partial charge in [0.05, 0.1) is 0 Å². The molecule has 6 N–H and O–H groups in total. The summed E-state index contributed by atoms with van der Waals surface area (Å²) in [5.74, 6) is -1.04. The molecule has 0 aromatic heterocycles. The molecule has 14 heavy (non-hydrogen) atoms. The third-order valence-corrected chi connectivity index (χ3v) is 1.85. The summed E-state index contributed by atoms with van der Waals surface area (Å²) in [5.41, 5.74) is 4.84. The molecule has 0 radical (unpaired) electrons. The van der Waals surface area contributed by atoms with Crippen LogP contribution in [0.1, 0.15) is 19.8 Å². The zero-order valence-electron chi connectivity index (χ0n) is 8.18. The van der Waals surface area contributed by atoms with Crippen LogP contribution in [-0.4, -0.2) is 46.8 Å². The van der Waals surface area contributed by atoms with E-state index in [4.69, 9.17) is 20.9 Å². The third kappa shape index (κ3) is 5.93. The highest BCUT2D eigenvalue weighted by molar-refractivity contribution is 6.43. The number of carboxylic acid groups (broad SMARTS) is 1. The highest BCUT2D eigenvalue weighted by Crippen LogP contribution is 2.04. The number of nitrogens with one attached hydrogen (secondary N) is 1. The maximum absolute atomic E-state index is 9.57. The average molecular weight is 204 g/mol. The molecule has 1 rings (SSSR count). The van der Waals surface area contributed by atoms with Gasteiger partial charge in [0, 0.05) is 5.94 Å². The minimum Gasteiger partial charge on any atom is -0.480 e. The van der Waals surface area contributed by atoms with Crippen LogP contribution < -0.4 is 11.1 Å². The van der Waals surface area contributed by atoms with Crippen molar-refractivity contribution in [3.05, 3.63) is 0 Å². The van der Waals surface area contributed by atoms with Gasteiger partial charge in [0.25, 0.3) is 0 Å². The van der Waals surface area contributed by atoms with Gasteiger partial charge in [-0.05, 0) is 26.3 Å². The van der Waals surface area contributed by atoms with E-state index in [1.807, 2.05) is 0 Å². The second kappa shape index (κ2) is 6.77. The molecule has 0 spiro atoms. The van der Waals surface area contributed by atoms with Crippen molar-refractivity contribution in [2.24, 2.45) is 5.73 Å². The zero-order chi connectivity index (χ0) is 11.1. The maximum Gasteiger partial charge on any atom is 0.469 e. The molecule has 0 aliphatic carbocycles. The molecule has 0 unspecified atom stereocenters. The first-order valence-corrected chi connectivity index (χ1v) is 4.53. The lowest BCUT2D eigenvalue weighted by molar-refractivity contribution is -0.138. The van der Waals surface area contributed by atoms with Crippen LogP contribution in [0, 0.1) is 0 Å². The van der Waals surface area contributed by atoms with Crippen molar-refractivity contribution in [3.63, 3.8) is 0 Å². The summed E-state index contributed by atoms with van der Waals surface area (Å²) in [4.78, 5) is 9.57. The van der Waals surface area contributed by atoms with Crippen molar-refractivity contribution >= 4 is 13.1 Å². The van der Waals surface area contributed by atoms with E-state index in [9.17, 15) is 4.79 Å². The summed E-state index contributed by atoms with van der Waals surface area (Å²) >= 11 is 0. The van der Waals surface area contributed by atoms with E-state index in [0.717, 1.165) is 19.4 Å². The number of carboxylic acids is 1. The second-order valence-corrected chi connectivity index (χ2v) is 3.24. The minimum atomic E-state index is -1.17. The molecule has 0 aromatic carbocycles. The molecule has 6 nitrogen and oxygen atoms in total. The molecule has 1 fully saturated rings. The first-order chi connectivity index (χ1) is 6.45. The van der Waals surface area contributed by atoms with E-state index < -0.39 is 19.1 Å². The van der Waals surface area contributed by atoms with Crippen molar-refractivity contribution < 1.29 is 19.9 Å². The second-order valence-electron chi connectivity index (χ2n) is 3.24. The summed E-state index contributed by atoms with van der Waals surface area (Å²) in [6, 6.07) is -0.731. The van der Waals surface area contributed by atoms with Gasteiger partial charge < -0.3 is 26.2 Å². The number of hydrogen-bond donors (Lipinski definition) is 5. The molecule has 2 atom stereocenters. The van der Waals surface area contributed by atoms with Gasteiger partial charge in [0.2, 0.25) is 0 Å². The third-order valence-electron chi connectivity index (χ3n) is 1.85. The minimum absolute atomic E-state index is 0.0741. The lowest BCUT2D eigenvalue weighted by Gasteiger charge is -2.05. The van der Waals surface area contributed by atoms with E-state index in [0.29, 0.717) is 0 Å². The predicted octanol–water partition coefficient (Wildman–Crippen LogP) is -1.83. The normalized spacial score (nSPS) is 22.1. The van der Waals surface area contributed by atoms with Crippen molar-refractivity contribution in [3.8, 4) is 0 Å². The summed E-state index contributed by atoms with van der Waals surface area (Å²) in [6.07, 6.45) is 1.94. The summed E-state index contributed by atoms with van der Waals surface area (Å²) in [5, 5.41) is 27.9. The van der Waals surface area contributed by atoms with Gasteiger partial charge in [-0.3, -0.25) is 4.79 Å². The highest BCUT2D eigenvalue weighted by atomic mass is 16.4. The Bertz CT molecular complexity index is 171. The molecule has 1 aliphatic heterocycles. The van der Waals surface area contributed by atoms with Crippen molar-refractivity contribution in [2.75, 3.05) is 6.54 Å². The zero-order valence-corrected chi connectivity index (χ0v) is 8.18. The van der Waals surface area contributed by atoms with Crippen LogP contribution in [0.15, 0.2) is 0 Å². The molecule has 0 amide bonds. The Kier molecular flexibility index (Phi) is 6.47. The van der Waals surface area contributed by atoms with Gasteiger partial charge in [0.1, 0.15) is 6.04 Å². The number of carbonyl (C=O) groups is 1. The first kappa shape index (κ1) is 13.4. The Morgan fingerprint density at radius 1 is 1.64 bits per heavy atom. The molecular weight excluding hydrogens is 187 g/mol. The van der Waals surface area contributed by atoms with Crippen LogP contribution in [0.4, 0.5) is 0 Å². The Morgan fingerprint density at radius 2 is 2.14 bits per heavy atom. The van der Waals surface area contributed by atoms with Crippen molar-refractivity contribution in [1.82, 2.24) is 5.32 Å². The number of aliphatic carboxylic acids is 1. The SMILES string of the molecule is C[C@H](N)C(=O)O.OB(O)[C@@H]1CCCN1. The number of nitrogens with two attached hydrogens (primary N) is 1. The molecule has 0 saturated carbocycles. The summed E-state index contributed by atoms with van der Waals surface area (Å²) < 4.78 is 0. The fourth-order valence-corrected chi connectivity index (χ4v) is 0.966. The Hall–Kier alpha value is -0.625. The Morgan fingerprint density at radius 3 is 2.29 bits per heavy atom. The summed E-state index contributed by atoms with van der Waals surface area (Å²) in [7, 11) is -1.17. The van der Waals surface area contributed by atoms with Crippen molar-refractivity contribution in [1.29, 1.82) is 0 Å². The van der Waals surface area contributed by atoms with E-state index in [1.165, 1.54) is 6.92 Å². The molecule has 1 saturated heterocycles. The molecule has 1 aliphatic rings. The van der Waals surface area contributed by atoms with Crippen molar-refractivity contribution in [2.45, 2.75) is 31.7 Å². The lowest BCUT2D eigenvalue weighted by Crippen LogP contribution is -2.38. The quantitative estimate of drug-likeness (QED) is 0.338. The smallest absolute Gasteiger partial charge is 0.469 e. The predicted molar refractivity (Wildman–Crippen MR) is 52.5 cm³/mol. The molecule has 0 aromatic rings. The summed E-state index contributed by atoms with van der Waals surface area (Å²) in [6.45, 7) is 2.34. The van der Waals surface area contributed by atoms with Gasteiger partial charge in [-0.25, -0.2) is 0 Å². The highest BCUT2D eigenvalue weighted by Gasteiger charge is 2.25. The fourth-order valence-electron chi connectivity index (χ4n) is 0.966. The van der Waals surface area contributed by atoms with Gasteiger partial charge in [0.15, 0.2) is 0 Å². The Labute approximate surface area is 83.3 Å². The van der Waals surface area contributed by atoms with Crippen LogP contribution in [0.3, 0.4) is 0 Å². The lowest BCUT2D eigenvalue weighted by atomic mass is 9.79. The molecular formula is C7H17BN2O4. The molecule has 7 heteroatoms. The Balaban J connectivity index is 0.000000255. The van der Waals surface area contributed by atoms with Crippen LogP contribution >= 0.6 is 0 Å². The topological polar surface area (TPSA) is 116 Å². The number of hydrogen-bond acceptors (Lipinski definition) is 5. The maximum atomic E-state index is 9.57. The van der Waals surface area contributed by atoms with E-state index in [1.54, 1.807) is 0 Å². The van der Waals surface area contributed by atoms with Gasteiger partial charge >= 0.3 is 13.1 Å². The van der Waals surface area contributed by atoms with Crippen LogP contribution in [0.2, 0.25) is 0 Å². The van der Waals surface area contributed by atoms with Gasteiger partial charge in [-0.15, -0.1) is 0 Å². The standard InChI is InChI=1S/C4H10BNO2.C3H7NO2/c7-5(8)4-2-1-3-6-4;1-2(4)3(5)6/h4,6-8H,1-3H2;2H,4H2,1H3,(H,5,6)/t4-;2-/m00/s1.